The lowest BCUT2D eigenvalue weighted by Gasteiger charge is -2.10. The third-order valence-corrected chi connectivity index (χ3v) is 4.96. The molecule has 0 bridgehead atoms. The quantitative estimate of drug-likeness (QED) is 0.460. The van der Waals surface area contributed by atoms with E-state index in [0.717, 1.165) is 11.1 Å². The fourth-order valence-corrected chi connectivity index (χ4v) is 3.50. The number of anilines is 1. The van der Waals surface area contributed by atoms with Crippen molar-refractivity contribution in [1.82, 2.24) is 29.8 Å². The van der Waals surface area contributed by atoms with Crippen molar-refractivity contribution in [2.24, 2.45) is 0 Å². The van der Waals surface area contributed by atoms with Crippen LogP contribution in [0.3, 0.4) is 0 Å². The first-order valence-electron chi connectivity index (χ1n) is 8.30. The molecule has 11 heteroatoms. The van der Waals surface area contributed by atoms with Gasteiger partial charge in [0.15, 0.2) is 5.82 Å². The van der Waals surface area contributed by atoms with Crippen LogP contribution in [0.4, 0.5) is 5.69 Å². The number of amides is 1. The minimum atomic E-state index is -0.237. The van der Waals surface area contributed by atoms with Crippen molar-refractivity contribution in [3.05, 3.63) is 40.9 Å². The zero-order chi connectivity index (χ0) is 19.8. The molecule has 0 saturated heterocycles. The predicted octanol–water partition coefficient (Wildman–Crippen LogP) is 2.87. The Balaban J connectivity index is 2.05. The van der Waals surface area contributed by atoms with Gasteiger partial charge in [0.25, 0.3) is 0 Å². The molecule has 28 heavy (non-hydrogen) atoms. The molecular weight excluding hydrogens is 405 g/mol. The molecule has 0 atom stereocenters. The molecule has 0 radical (unpaired) electrons. The molecule has 0 aliphatic carbocycles. The van der Waals surface area contributed by atoms with E-state index in [1.54, 1.807) is 29.2 Å². The third kappa shape index (κ3) is 3.13. The molecular formula is C17H15Cl2N7O2. The molecule has 9 nitrogen and oxygen atoms in total. The summed E-state index contributed by atoms with van der Waals surface area (Å²) in [5.74, 6) is 0.255. The number of H-pyrrole nitrogens is 1. The second kappa shape index (κ2) is 7.27. The monoisotopic (exact) mass is 419 g/mol. The first-order valence-corrected chi connectivity index (χ1v) is 9.06. The second-order valence-corrected chi connectivity index (χ2v) is 6.87. The van der Waals surface area contributed by atoms with Crippen LogP contribution >= 0.6 is 23.2 Å². The van der Waals surface area contributed by atoms with Gasteiger partial charge in [0.2, 0.25) is 5.91 Å². The molecule has 0 aliphatic heterocycles. The number of benzene rings is 1. The summed E-state index contributed by atoms with van der Waals surface area (Å²) in [6.07, 6.45) is 6.92. The van der Waals surface area contributed by atoms with Gasteiger partial charge in [0, 0.05) is 35.8 Å². The van der Waals surface area contributed by atoms with E-state index in [-0.39, 0.29) is 12.5 Å². The first kappa shape index (κ1) is 18.5. The maximum Gasteiger partial charge on any atom is 0.221 e. The third-order valence-electron chi connectivity index (χ3n) is 4.19. The summed E-state index contributed by atoms with van der Waals surface area (Å²) in [6, 6.07) is 1.62. The fourth-order valence-electron chi connectivity index (χ4n) is 3.07. The van der Waals surface area contributed by atoms with E-state index in [9.17, 15) is 4.79 Å². The van der Waals surface area contributed by atoms with Crippen molar-refractivity contribution < 1.29 is 9.90 Å². The number of nitrogens with one attached hydrogen (secondary N) is 2. The van der Waals surface area contributed by atoms with Gasteiger partial charge in [-0.15, -0.1) is 5.10 Å². The number of hydrogen-bond acceptors (Lipinski definition) is 5. The van der Waals surface area contributed by atoms with Gasteiger partial charge in [-0.2, -0.15) is 5.10 Å². The Kier molecular flexibility index (Phi) is 4.80. The van der Waals surface area contributed by atoms with Crippen LogP contribution in [-0.2, 0) is 11.3 Å². The number of carbonyl (C=O) groups is 1. The lowest BCUT2D eigenvalue weighted by molar-refractivity contribution is -0.114. The van der Waals surface area contributed by atoms with Gasteiger partial charge < -0.3 is 10.4 Å². The molecule has 0 aliphatic rings. The number of fused-ring (bicyclic) bond motifs is 1. The molecule has 4 rings (SSSR count). The largest absolute Gasteiger partial charge is 0.394 e. The number of aromatic amines is 1. The Morgan fingerprint density at radius 3 is 2.86 bits per heavy atom. The number of hydrogen-bond donors (Lipinski definition) is 3. The second-order valence-electron chi connectivity index (χ2n) is 6.09. The van der Waals surface area contributed by atoms with Crippen LogP contribution in [-0.4, -0.2) is 47.4 Å². The first-order chi connectivity index (χ1) is 13.5. The van der Waals surface area contributed by atoms with E-state index in [1.807, 2.05) is 6.20 Å². The van der Waals surface area contributed by atoms with Crippen molar-refractivity contribution in [3.8, 4) is 16.9 Å². The van der Waals surface area contributed by atoms with E-state index >= 15 is 0 Å². The van der Waals surface area contributed by atoms with Crippen LogP contribution in [0.15, 0.2) is 30.9 Å². The molecule has 0 unspecified atom stereocenters. The van der Waals surface area contributed by atoms with E-state index in [0.29, 0.717) is 39.0 Å². The summed E-state index contributed by atoms with van der Waals surface area (Å²) in [7, 11) is 0. The van der Waals surface area contributed by atoms with Gasteiger partial charge in [-0.1, -0.05) is 28.4 Å². The smallest absolute Gasteiger partial charge is 0.221 e. The zero-order valence-corrected chi connectivity index (χ0v) is 16.2. The maximum absolute atomic E-state index is 11.7. The van der Waals surface area contributed by atoms with Crippen molar-refractivity contribution in [2.75, 3.05) is 11.9 Å². The number of halogens is 2. The van der Waals surface area contributed by atoms with E-state index < -0.39 is 0 Å². The number of aromatic nitrogens is 6. The molecule has 0 saturated carbocycles. The number of nitrogens with zero attached hydrogens (tertiary/aromatic N) is 5. The Labute approximate surface area is 168 Å². The highest BCUT2D eigenvalue weighted by molar-refractivity contribution is 6.46. The lowest BCUT2D eigenvalue weighted by Crippen LogP contribution is -2.06. The average Bonchev–Trinajstić information content (AvgIpc) is 3.37. The Bertz CT molecular complexity index is 1160. The summed E-state index contributed by atoms with van der Waals surface area (Å²) in [5.41, 5.74) is 2.68. The standard InChI is InChI=1S/C17H15Cl2N7O2/c1-9(28)22-13-4-12(18)16(19)17-15(13)11(10-5-20-21-6-10)7-26(17)14-8-25(2-3-27)24-23-14/h4-8,27H,2-3H2,1H3,(H,20,21)(H,22,28). The summed E-state index contributed by atoms with van der Waals surface area (Å²) in [5, 5.41) is 28.2. The molecule has 3 heterocycles. The molecule has 3 aromatic heterocycles. The van der Waals surface area contributed by atoms with Crippen LogP contribution in [0.5, 0.6) is 0 Å². The summed E-state index contributed by atoms with van der Waals surface area (Å²) >= 11 is 12.9. The van der Waals surface area contributed by atoms with Gasteiger partial charge in [0.1, 0.15) is 0 Å². The van der Waals surface area contributed by atoms with Crippen molar-refractivity contribution in [3.63, 3.8) is 0 Å². The zero-order valence-electron chi connectivity index (χ0n) is 14.6. The Morgan fingerprint density at radius 2 is 2.18 bits per heavy atom. The molecule has 1 amide bonds. The maximum atomic E-state index is 11.7. The highest BCUT2D eigenvalue weighted by Gasteiger charge is 2.22. The summed E-state index contributed by atoms with van der Waals surface area (Å²) in [4.78, 5) is 11.7. The number of rotatable bonds is 5. The fraction of sp³-hybridized carbons (Fsp3) is 0.176. The number of carbonyl (C=O) groups excluding carboxylic acids is 1. The van der Waals surface area contributed by atoms with Crippen molar-refractivity contribution >= 4 is 45.7 Å². The van der Waals surface area contributed by atoms with E-state index in [4.69, 9.17) is 28.3 Å². The molecule has 0 spiro atoms. The van der Waals surface area contributed by atoms with Gasteiger partial charge in [-0.05, 0) is 6.07 Å². The minimum absolute atomic E-state index is 0.0608. The Hall–Kier alpha value is -2.88. The van der Waals surface area contributed by atoms with Gasteiger partial charge in [-0.3, -0.25) is 14.5 Å². The summed E-state index contributed by atoms with van der Waals surface area (Å²) < 4.78 is 3.27. The molecule has 144 valence electrons. The van der Waals surface area contributed by atoms with E-state index in [1.165, 1.54) is 11.6 Å². The highest BCUT2D eigenvalue weighted by atomic mass is 35.5. The van der Waals surface area contributed by atoms with Gasteiger partial charge in [0.05, 0.1) is 46.8 Å². The average molecular weight is 420 g/mol. The number of aliphatic hydroxyl groups excluding tert-OH is 1. The normalized spacial score (nSPS) is 11.3. The Morgan fingerprint density at radius 1 is 1.36 bits per heavy atom. The van der Waals surface area contributed by atoms with Gasteiger partial charge in [-0.25, -0.2) is 4.68 Å². The van der Waals surface area contributed by atoms with Gasteiger partial charge >= 0.3 is 0 Å². The molecule has 3 N–H and O–H groups in total. The topological polar surface area (TPSA) is 114 Å². The molecule has 1 aromatic carbocycles. The molecule has 4 aromatic rings. The minimum Gasteiger partial charge on any atom is -0.394 e. The van der Waals surface area contributed by atoms with Crippen LogP contribution in [0.2, 0.25) is 10.0 Å². The lowest BCUT2D eigenvalue weighted by atomic mass is 10.1. The number of aliphatic hydroxyl groups is 1. The van der Waals surface area contributed by atoms with Crippen LogP contribution in [0, 0.1) is 0 Å². The van der Waals surface area contributed by atoms with Crippen LogP contribution in [0.25, 0.3) is 27.8 Å². The molecule has 0 fully saturated rings. The summed E-state index contributed by atoms with van der Waals surface area (Å²) in [6.45, 7) is 1.67. The highest BCUT2D eigenvalue weighted by Crippen LogP contribution is 2.43. The van der Waals surface area contributed by atoms with Crippen molar-refractivity contribution in [1.29, 1.82) is 0 Å². The predicted molar refractivity (Wildman–Crippen MR) is 106 cm³/mol. The van der Waals surface area contributed by atoms with Crippen molar-refractivity contribution in [2.45, 2.75) is 13.5 Å². The van der Waals surface area contributed by atoms with Crippen LogP contribution in [0.1, 0.15) is 6.92 Å². The van der Waals surface area contributed by atoms with Crippen LogP contribution < -0.4 is 5.32 Å². The SMILES string of the molecule is CC(=O)Nc1cc(Cl)c(Cl)c2c1c(-c1cn[nH]c1)cn2-c1cn(CCO)nn1. The van der Waals surface area contributed by atoms with E-state index in [2.05, 4.69) is 25.8 Å².